The smallest absolute Gasteiger partial charge is 0.240 e. The molecule has 2 amide bonds. The van der Waals surface area contributed by atoms with Crippen LogP contribution in [0.5, 0.6) is 0 Å². The molecule has 0 radical (unpaired) electrons. The average Bonchev–Trinajstić information content (AvgIpc) is 2.86. The standard InChI is InChI=1S/C13H23N3O2/c14-8-9-4-3-5-10(9)13(18)16-7-2-1-6-11(16)12(15)17/h9-11H,1-8,14H2,(H2,15,17). The summed E-state index contributed by atoms with van der Waals surface area (Å²) in [4.78, 5) is 25.7. The van der Waals surface area contributed by atoms with E-state index >= 15 is 0 Å². The molecule has 2 rings (SSSR count). The molecule has 0 aromatic rings. The van der Waals surface area contributed by atoms with Crippen LogP contribution < -0.4 is 11.5 Å². The Hall–Kier alpha value is -1.10. The number of nitrogens with two attached hydrogens (primary N) is 2. The van der Waals surface area contributed by atoms with Gasteiger partial charge in [-0.1, -0.05) is 6.42 Å². The third kappa shape index (κ3) is 2.51. The van der Waals surface area contributed by atoms with Crippen LogP contribution in [0.3, 0.4) is 0 Å². The first-order chi connectivity index (χ1) is 8.65. The van der Waals surface area contributed by atoms with Crippen molar-refractivity contribution in [3.05, 3.63) is 0 Å². The third-order valence-electron chi connectivity index (χ3n) is 4.39. The molecule has 1 saturated carbocycles. The molecule has 0 aromatic carbocycles. The Morgan fingerprint density at radius 2 is 1.89 bits per heavy atom. The van der Waals surface area contributed by atoms with Gasteiger partial charge >= 0.3 is 0 Å². The SMILES string of the molecule is NCC1CCCC1C(=O)N1CCCCC1C(N)=O. The molecule has 2 aliphatic rings. The maximum atomic E-state index is 12.5. The van der Waals surface area contributed by atoms with Crippen molar-refractivity contribution in [1.29, 1.82) is 0 Å². The second-order valence-corrected chi connectivity index (χ2v) is 5.48. The summed E-state index contributed by atoms with van der Waals surface area (Å²) in [6, 6.07) is -0.398. The molecule has 2 fully saturated rings. The summed E-state index contributed by atoms with van der Waals surface area (Å²) in [5.74, 6) is 0.0275. The molecule has 3 unspecified atom stereocenters. The van der Waals surface area contributed by atoms with Gasteiger partial charge in [-0.05, 0) is 44.6 Å². The second-order valence-electron chi connectivity index (χ2n) is 5.48. The van der Waals surface area contributed by atoms with Crippen molar-refractivity contribution in [2.24, 2.45) is 23.3 Å². The minimum atomic E-state index is -0.398. The third-order valence-corrected chi connectivity index (χ3v) is 4.39. The fourth-order valence-electron chi connectivity index (χ4n) is 3.35. The number of likely N-dealkylation sites (tertiary alicyclic amines) is 1. The van der Waals surface area contributed by atoms with Gasteiger partial charge in [0.05, 0.1) is 0 Å². The summed E-state index contributed by atoms with van der Waals surface area (Å²) in [5, 5.41) is 0. The van der Waals surface area contributed by atoms with Gasteiger partial charge in [-0.3, -0.25) is 9.59 Å². The Morgan fingerprint density at radius 3 is 2.56 bits per heavy atom. The molecule has 1 saturated heterocycles. The highest BCUT2D eigenvalue weighted by Crippen LogP contribution is 2.33. The van der Waals surface area contributed by atoms with E-state index in [2.05, 4.69) is 0 Å². The molecule has 102 valence electrons. The molecule has 0 bridgehead atoms. The van der Waals surface area contributed by atoms with E-state index in [0.29, 0.717) is 19.5 Å². The van der Waals surface area contributed by atoms with Gasteiger partial charge in [-0.2, -0.15) is 0 Å². The Labute approximate surface area is 108 Å². The van der Waals surface area contributed by atoms with Crippen LogP contribution in [0.15, 0.2) is 0 Å². The zero-order valence-electron chi connectivity index (χ0n) is 10.8. The van der Waals surface area contributed by atoms with Crippen LogP contribution in [0.2, 0.25) is 0 Å². The lowest BCUT2D eigenvalue weighted by Crippen LogP contribution is -2.53. The molecule has 0 aromatic heterocycles. The molecule has 5 nitrogen and oxygen atoms in total. The first kappa shape index (κ1) is 13.3. The van der Waals surface area contributed by atoms with E-state index < -0.39 is 6.04 Å². The van der Waals surface area contributed by atoms with Crippen LogP contribution in [0.4, 0.5) is 0 Å². The van der Waals surface area contributed by atoms with Gasteiger partial charge in [-0.25, -0.2) is 0 Å². The van der Waals surface area contributed by atoms with Gasteiger partial charge in [0, 0.05) is 12.5 Å². The van der Waals surface area contributed by atoms with Crippen LogP contribution in [0, 0.1) is 11.8 Å². The summed E-state index contributed by atoms with van der Waals surface area (Å²) in [7, 11) is 0. The lowest BCUT2D eigenvalue weighted by atomic mass is 9.92. The Bertz CT molecular complexity index is 332. The molecule has 18 heavy (non-hydrogen) atoms. The zero-order chi connectivity index (χ0) is 13.1. The van der Waals surface area contributed by atoms with Gasteiger partial charge in [0.25, 0.3) is 0 Å². The normalized spacial score (nSPS) is 32.5. The summed E-state index contributed by atoms with van der Waals surface area (Å²) in [5.41, 5.74) is 11.1. The van der Waals surface area contributed by atoms with E-state index in [-0.39, 0.29) is 23.7 Å². The molecular formula is C13H23N3O2. The van der Waals surface area contributed by atoms with E-state index in [4.69, 9.17) is 11.5 Å². The first-order valence-electron chi connectivity index (χ1n) is 6.95. The highest BCUT2D eigenvalue weighted by atomic mass is 16.2. The fraction of sp³-hybridized carbons (Fsp3) is 0.846. The molecule has 4 N–H and O–H groups in total. The highest BCUT2D eigenvalue weighted by molar-refractivity contribution is 5.88. The minimum absolute atomic E-state index is 0.00921. The largest absolute Gasteiger partial charge is 0.368 e. The van der Waals surface area contributed by atoms with Gasteiger partial charge in [0.2, 0.25) is 11.8 Å². The molecule has 1 aliphatic heterocycles. The topological polar surface area (TPSA) is 89.4 Å². The number of rotatable bonds is 3. The second kappa shape index (κ2) is 5.69. The zero-order valence-corrected chi connectivity index (χ0v) is 10.8. The van der Waals surface area contributed by atoms with Crippen LogP contribution >= 0.6 is 0 Å². The van der Waals surface area contributed by atoms with Gasteiger partial charge in [-0.15, -0.1) is 0 Å². The van der Waals surface area contributed by atoms with E-state index in [1.807, 2.05) is 0 Å². The Kier molecular flexibility index (Phi) is 4.22. The van der Waals surface area contributed by atoms with Gasteiger partial charge in [0.1, 0.15) is 6.04 Å². The first-order valence-corrected chi connectivity index (χ1v) is 6.95. The number of primary amides is 1. The monoisotopic (exact) mass is 253 g/mol. The van der Waals surface area contributed by atoms with E-state index in [1.54, 1.807) is 4.90 Å². The number of amides is 2. The van der Waals surface area contributed by atoms with Crippen molar-refractivity contribution in [3.63, 3.8) is 0 Å². The lowest BCUT2D eigenvalue weighted by Gasteiger charge is -2.36. The van der Waals surface area contributed by atoms with E-state index in [9.17, 15) is 9.59 Å². The Morgan fingerprint density at radius 1 is 1.11 bits per heavy atom. The lowest BCUT2D eigenvalue weighted by molar-refractivity contribution is -0.145. The number of carbonyl (C=O) groups is 2. The van der Waals surface area contributed by atoms with Gasteiger partial charge in [0.15, 0.2) is 0 Å². The fourth-order valence-corrected chi connectivity index (χ4v) is 3.35. The summed E-state index contributed by atoms with van der Waals surface area (Å²) >= 11 is 0. The maximum absolute atomic E-state index is 12.5. The van der Waals surface area contributed by atoms with Crippen LogP contribution in [-0.4, -0.2) is 35.8 Å². The molecule has 0 spiro atoms. The van der Waals surface area contributed by atoms with Crippen LogP contribution in [0.25, 0.3) is 0 Å². The molecule has 1 heterocycles. The minimum Gasteiger partial charge on any atom is -0.368 e. The number of hydrogen-bond donors (Lipinski definition) is 2. The van der Waals surface area contributed by atoms with Crippen molar-refractivity contribution in [1.82, 2.24) is 4.90 Å². The maximum Gasteiger partial charge on any atom is 0.240 e. The van der Waals surface area contributed by atoms with Crippen molar-refractivity contribution >= 4 is 11.8 Å². The number of hydrogen-bond acceptors (Lipinski definition) is 3. The summed E-state index contributed by atoms with van der Waals surface area (Å²) in [6.07, 6.45) is 5.65. The number of carbonyl (C=O) groups excluding carboxylic acids is 2. The number of piperidine rings is 1. The van der Waals surface area contributed by atoms with E-state index in [1.165, 1.54) is 0 Å². The summed E-state index contributed by atoms with van der Waals surface area (Å²) < 4.78 is 0. The quantitative estimate of drug-likeness (QED) is 0.754. The average molecular weight is 253 g/mol. The predicted octanol–water partition coefficient (Wildman–Crippen LogP) is 0.228. The predicted molar refractivity (Wildman–Crippen MR) is 68.4 cm³/mol. The Balaban J connectivity index is 2.08. The van der Waals surface area contributed by atoms with E-state index in [0.717, 1.165) is 32.1 Å². The van der Waals surface area contributed by atoms with Crippen molar-refractivity contribution in [3.8, 4) is 0 Å². The number of nitrogens with zero attached hydrogens (tertiary/aromatic N) is 1. The van der Waals surface area contributed by atoms with Crippen molar-refractivity contribution in [2.45, 2.75) is 44.6 Å². The summed E-state index contributed by atoms with van der Waals surface area (Å²) in [6.45, 7) is 1.23. The molecule has 5 heteroatoms. The molecule has 3 atom stereocenters. The highest BCUT2D eigenvalue weighted by Gasteiger charge is 2.39. The van der Waals surface area contributed by atoms with Crippen molar-refractivity contribution < 1.29 is 9.59 Å². The van der Waals surface area contributed by atoms with Crippen LogP contribution in [0.1, 0.15) is 38.5 Å². The molecule has 1 aliphatic carbocycles. The van der Waals surface area contributed by atoms with Crippen LogP contribution in [-0.2, 0) is 9.59 Å². The van der Waals surface area contributed by atoms with Gasteiger partial charge < -0.3 is 16.4 Å². The molecular weight excluding hydrogens is 230 g/mol. The van der Waals surface area contributed by atoms with Crippen molar-refractivity contribution in [2.75, 3.05) is 13.1 Å².